The zero-order valence-corrected chi connectivity index (χ0v) is 9.49. The number of amidine groups is 1. The zero-order chi connectivity index (χ0) is 10.8. The molecule has 1 aliphatic rings. The van der Waals surface area contributed by atoms with E-state index < -0.39 is 0 Å². The van der Waals surface area contributed by atoms with E-state index in [-0.39, 0.29) is 11.2 Å². The first-order valence-corrected chi connectivity index (χ1v) is 5.58. The van der Waals surface area contributed by atoms with E-state index in [0.29, 0.717) is 0 Å². The Morgan fingerprint density at radius 2 is 1.93 bits per heavy atom. The molecule has 1 aromatic rings. The number of aliphatic imine (C=N–C) groups is 1. The highest BCUT2D eigenvalue weighted by Crippen LogP contribution is 2.36. The second-order valence-electron chi connectivity index (χ2n) is 3.54. The number of benzene rings is 1. The van der Waals surface area contributed by atoms with E-state index in [4.69, 9.17) is 0 Å². The van der Waals surface area contributed by atoms with Crippen molar-refractivity contribution in [2.75, 3.05) is 14.1 Å². The first-order chi connectivity index (χ1) is 7.18. The van der Waals surface area contributed by atoms with Gasteiger partial charge in [0.15, 0.2) is 5.17 Å². The molecular formula is C11H12N2OS. The van der Waals surface area contributed by atoms with Crippen LogP contribution in [0.15, 0.2) is 35.3 Å². The van der Waals surface area contributed by atoms with E-state index in [0.717, 1.165) is 10.7 Å². The molecule has 0 spiro atoms. The van der Waals surface area contributed by atoms with Gasteiger partial charge in [-0.1, -0.05) is 42.1 Å². The normalized spacial score (nSPS) is 20.3. The van der Waals surface area contributed by atoms with Crippen LogP contribution in [0.5, 0.6) is 0 Å². The molecule has 0 N–H and O–H groups in total. The summed E-state index contributed by atoms with van der Waals surface area (Å²) in [6.07, 6.45) is 0. The Morgan fingerprint density at radius 1 is 1.27 bits per heavy atom. The second-order valence-corrected chi connectivity index (χ2v) is 4.61. The van der Waals surface area contributed by atoms with E-state index >= 15 is 0 Å². The maximum Gasteiger partial charge on any atom is 0.266 e. The second kappa shape index (κ2) is 4.06. The molecule has 4 heteroatoms. The van der Waals surface area contributed by atoms with Crippen molar-refractivity contribution < 1.29 is 4.79 Å². The number of carbonyl (C=O) groups excluding carboxylic acids is 1. The van der Waals surface area contributed by atoms with Crippen LogP contribution in [0.3, 0.4) is 0 Å². The lowest BCUT2D eigenvalue weighted by Crippen LogP contribution is -2.16. The molecule has 0 saturated carbocycles. The fourth-order valence-electron chi connectivity index (χ4n) is 1.38. The molecule has 0 aromatic heterocycles. The van der Waals surface area contributed by atoms with Gasteiger partial charge in [-0.15, -0.1) is 0 Å². The Labute approximate surface area is 93.2 Å². The molecule has 78 valence electrons. The molecule has 0 saturated heterocycles. The number of hydrogen-bond acceptors (Lipinski definition) is 3. The Morgan fingerprint density at radius 3 is 2.47 bits per heavy atom. The summed E-state index contributed by atoms with van der Waals surface area (Å²) >= 11 is 1.51. The van der Waals surface area contributed by atoms with Crippen LogP contribution < -0.4 is 0 Å². The van der Waals surface area contributed by atoms with Crippen LogP contribution in [-0.2, 0) is 4.79 Å². The molecule has 1 atom stereocenters. The van der Waals surface area contributed by atoms with Crippen molar-refractivity contribution in [1.29, 1.82) is 0 Å². The minimum atomic E-state index is -0.163. The van der Waals surface area contributed by atoms with Gasteiger partial charge in [-0.3, -0.25) is 4.79 Å². The van der Waals surface area contributed by atoms with Crippen LogP contribution in [0, 0.1) is 0 Å². The molecule has 0 fully saturated rings. The summed E-state index contributed by atoms with van der Waals surface area (Å²) < 4.78 is 0. The lowest BCUT2D eigenvalue weighted by Gasteiger charge is -2.11. The minimum Gasteiger partial charge on any atom is -0.357 e. The van der Waals surface area contributed by atoms with Crippen molar-refractivity contribution in [3.05, 3.63) is 35.9 Å². The summed E-state index contributed by atoms with van der Waals surface area (Å²) in [5.74, 6) is -0.0603. The van der Waals surface area contributed by atoms with Crippen LogP contribution >= 0.6 is 11.8 Å². The Bertz CT molecular complexity index is 400. The largest absolute Gasteiger partial charge is 0.357 e. The van der Waals surface area contributed by atoms with Crippen molar-refractivity contribution >= 4 is 22.8 Å². The van der Waals surface area contributed by atoms with Gasteiger partial charge in [0, 0.05) is 14.1 Å². The number of carbonyl (C=O) groups is 1. The van der Waals surface area contributed by atoms with Gasteiger partial charge < -0.3 is 4.90 Å². The fourth-order valence-corrected chi connectivity index (χ4v) is 2.39. The van der Waals surface area contributed by atoms with E-state index in [1.807, 2.05) is 49.3 Å². The summed E-state index contributed by atoms with van der Waals surface area (Å²) in [6, 6.07) is 9.75. The molecule has 0 bridgehead atoms. The first kappa shape index (κ1) is 10.2. The third-order valence-electron chi connectivity index (χ3n) is 2.14. The highest BCUT2D eigenvalue weighted by molar-refractivity contribution is 8.15. The van der Waals surface area contributed by atoms with Gasteiger partial charge >= 0.3 is 0 Å². The number of hydrogen-bond donors (Lipinski definition) is 0. The number of thioether (sulfide) groups is 1. The highest BCUT2D eigenvalue weighted by atomic mass is 32.2. The van der Waals surface area contributed by atoms with Crippen molar-refractivity contribution in [3.8, 4) is 0 Å². The molecule has 1 amide bonds. The zero-order valence-electron chi connectivity index (χ0n) is 8.68. The van der Waals surface area contributed by atoms with Gasteiger partial charge in [0.25, 0.3) is 5.91 Å². The van der Waals surface area contributed by atoms with Gasteiger partial charge in [0.2, 0.25) is 0 Å². The highest BCUT2D eigenvalue weighted by Gasteiger charge is 2.30. The monoisotopic (exact) mass is 220 g/mol. The summed E-state index contributed by atoms with van der Waals surface area (Å²) in [5, 5.41) is 0.623. The maximum atomic E-state index is 11.7. The Kier molecular flexibility index (Phi) is 2.77. The predicted molar refractivity (Wildman–Crippen MR) is 62.9 cm³/mol. The minimum absolute atomic E-state index is 0.0603. The fraction of sp³-hybridized carbons (Fsp3) is 0.273. The average molecular weight is 220 g/mol. The molecular weight excluding hydrogens is 208 g/mol. The van der Waals surface area contributed by atoms with E-state index in [1.165, 1.54) is 11.8 Å². The molecule has 1 aromatic carbocycles. The summed E-state index contributed by atoms with van der Waals surface area (Å²) in [7, 11) is 3.79. The molecule has 2 rings (SSSR count). The number of rotatable bonds is 1. The standard InChI is InChI=1S/C11H12N2OS/c1-13(2)11-12-10(14)9(15-11)8-6-4-3-5-7-8/h3-7,9H,1-2H3. The molecule has 1 aliphatic heterocycles. The maximum absolute atomic E-state index is 11.7. The van der Waals surface area contributed by atoms with Gasteiger partial charge in [0.05, 0.1) is 0 Å². The van der Waals surface area contributed by atoms with Crippen LogP contribution in [0.2, 0.25) is 0 Å². The summed E-state index contributed by atoms with van der Waals surface area (Å²) in [5.41, 5.74) is 1.02. The Balaban J connectivity index is 2.20. The molecule has 0 radical (unpaired) electrons. The van der Waals surface area contributed by atoms with Crippen LogP contribution in [0.4, 0.5) is 0 Å². The van der Waals surface area contributed by atoms with Gasteiger partial charge in [-0.2, -0.15) is 4.99 Å². The third kappa shape index (κ3) is 2.04. The molecule has 0 aliphatic carbocycles. The topological polar surface area (TPSA) is 32.7 Å². The van der Waals surface area contributed by atoms with Crippen molar-refractivity contribution in [2.45, 2.75) is 5.25 Å². The van der Waals surface area contributed by atoms with Crippen molar-refractivity contribution in [2.24, 2.45) is 4.99 Å². The lowest BCUT2D eigenvalue weighted by atomic mass is 10.1. The molecule has 1 heterocycles. The smallest absolute Gasteiger partial charge is 0.266 e. The van der Waals surface area contributed by atoms with E-state index in [1.54, 1.807) is 0 Å². The van der Waals surface area contributed by atoms with Crippen LogP contribution in [0.25, 0.3) is 0 Å². The van der Waals surface area contributed by atoms with Crippen molar-refractivity contribution in [1.82, 2.24) is 4.90 Å². The third-order valence-corrected chi connectivity index (χ3v) is 3.52. The molecule has 1 unspecified atom stereocenters. The van der Waals surface area contributed by atoms with Crippen molar-refractivity contribution in [3.63, 3.8) is 0 Å². The lowest BCUT2D eigenvalue weighted by molar-refractivity contribution is -0.117. The molecule has 3 nitrogen and oxygen atoms in total. The summed E-state index contributed by atoms with van der Waals surface area (Å²) in [4.78, 5) is 17.5. The quantitative estimate of drug-likeness (QED) is 0.725. The van der Waals surface area contributed by atoms with Crippen LogP contribution in [-0.4, -0.2) is 30.1 Å². The van der Waals surface area contributed by atoms with Crippen LogP contribution in [0.1, 0.15) is 10.8 Å². The first-order valence-electron chi connectivity index (χ1n) is 4.70. The van der Waals surface area contributed by atoms with Gasteiger partial charge in [-0.05, 0) is 5.56 Å². The van der Waals surface area contributed by atoms with Gasteiger partial charge in [-0.25, -0.2) is 0 Å². The van der Waals surface area contributed by atoms with E-state index in [9.17, 15) is 4.79 Å². The van der Waals surface area contributed by atoms with Gasteiger partial charge in [0.1, 0.15) is 5.25 Å². The number of amides is 1. The average Bonchev–Trinajstić information content (AvgIpc) is 2.62. The number of nitrogens with zero attached hydrogens (tertiary/aromatic N) is 2. The predicted octanol–water partition coefficient (Wildman–Crippen LogP) is 1.92. The summed E-state index contributed by atoms with van der Waals surface area (Å²) in [6.45, 7) is 0. The molecule has 15 heavy (non-hydrogen) atoms. The SMILES string of the molecule is CN(C)C1=NC(=O)C(c2ccccc2)S1. The van der Waals surface area contributed by atoms with E-state index in [2.05, 4.69) is 4.99 Å². The Hall–Kier alpha value is -1.29.